The van der Waals surface area contributed by atoms with Crippen molar-refractivity contribution in [1.82, 2.24) is 10.2 Å². The maximum absolute atomic E-state index is 12.5. The van der Waals surface area contributed by atoms with Crippen molar-refractivity contribution < 1.29 is 19.1 Å². The fraction of sp³-hybridized carbons (Fsp3) is 0.750. The first-order chi connectivity index (χ1) is 11.0. The number of carbonyl (C=O) groups is 2. The van der Waals surface area contributed by atoms with Crippen LogP contribution in [0.15, 0.2) is 11.1 Å². The van der Waals surface area contributed by atoms with Gasteiger partial charge in [0.05, 0.1) is 13.2 Å². The number of nitrogens with one attached hydrogen (secondary N) is 1. The summed E-state index contributed by atoms with van der Waals surface area (Å²) in [4.78, 5) is 25.4. The molecule has 6 nitrogen and oxygen atoms in total. The Balaban J connectivity index is 1.63. The predicted octanol–water partition coefficient (Wildman–Crippen LogP) is 2.66. The number of nitrogens with zero attached hydrogens (tertiary/aromatic N) is 1. The van der Waals surface area contributed by atoms with E-state index in [-0.39, 0.29) is 12.1 Å². The third-order valence-corrected chi connectivity index (χ3v) is 5.42. The topological polar surface area (TPSA) is 67.9 Å². The molecule has 1 heterocycles. The second-order valence-electron chi connectivity index (χ2n) is 6.55. The molecule has 23 heavy (non-hydrogen) atoms. The normalized spacial score (nSPS) is 26.3. The first-order valence-corrected chi connectivity index (χ1v) is 9.17. The highest BCUT2D eigenvalue weighted by atomic mass is 32.2. The lowest BCUT2D eigenvalue weighted by atomic mass is 10.3. The Hall–Kier alpha value is -1.37. The molecule has 3 rings (SSSR count). The van der Waals surface area contributed by atoms with E-state index in [1.165, 1.54) is 11.8 Å². The largest absolute Gasteiger partial charge is 0.461 e. The van der Waals surface area contributed by atoms with Crippen molar-refractivity contribution in [2.75, 3.05) is 19.8 Å². The van der Waals surface area contributed by atoms with E-state index >= 15 is 0 Å². The van der Waals surface area contributed by atoms with E-state index in [4.69, 9.17) is 9.47 Å². The van der Waals surface area contributed by atoms with Gasteiger partial charge in [-0.2, -0.15) is 0 Å². The molecule has 0 saturated heterocycles. The molecule has 0 bridgehead atoms. The number of carbonyl (C=O) groups excluding carboxylic acids is 2. The molecule has 1 atom stereocenters. The summed E-state index contributed by atoms with van der Waals surface area (Å²) in [5.41, 5.74) is 0.398. The smallest absolute Gasteiger partial charge is 0.412 e. The molecule has 3 aliphatic rings. The standard InChI is InChI=1S/C16H24N2O4S/c1-3-21-14(19)13-10-23-16(2,17-13)18(8-11-4-5-11)15(20)22-9-12-6-7-12/h10-12,17H,3-9H2,1-2H3. The average Bonchev–Trinajstić information content (AvgIpc) is 3.43. The van der Waals surface area contributed by atoms with Gasteiger partial charge in [0.15, 0.2) is 4.99 Å². The molecule has 0 radical (unpaired) electrons. The van der Waals surface area contributed by atoms with Crippen LogP contribution in [0.3, 0.4) is 0 Å². The van der Waals surface area contributed by atoms with Crippen molar-refractivity contribution in [3.05, 3.63) is 11.1 Å². The van der Waals surface area contributed by atoms with Gasteiger partial charge in [0, 0.05) is 12.0 Å². The zero-order valence-corrected chi connectivity index (χ0v) is 14.5. The Labute approximate surface area is 140 Å². The number of thioether (sulfide) groups is 1. The predicted molar refractivity (Wildman–Crippen MR) is 87.3 cm³/mol. The van der Waals surface area contributed by atoms with Crippen molar-refractivity contribution in [3.63, 3.8) is 0 Å². The van der Waals surface area contributed by atoms with Crippen molar-refractivity contribution in [1.29, 1.82) is 0 Å². The van der Waals surface area contributed by atoms with E-state index < -0.39 is 4.99 Å². The van der Waals surface area contributed by atoms with Crippen molar-refractivity contribution in [2.24, 2.45) is 11.8 Å². The molecule has 1 aliphatic heterocycles. The third kappa shape index (κ3) is 4.13. The van der Waals surface area contributed by atoms with Gasteiger partial charge < -0.3 is 14.8 Å². The summed E-state index contributed by atoms with van der Waals surface area (Å²) in [5, 5.41) is 4.87. The minimum Gasteiger partial charge on any atom is -0.461 e. The Morgan fingerprint density at radius 1 is 1.30 bits per heavy atom. The Morgan fingerprint density at radius 3 is 2.61 bits per heavy atom. The number of hydrogen-bond donors (Lipinski definition) is 1. The lowest BCUT2D eigenvalue weighted by Gasteiger charge is -2.37. The van der Waals surface area contributed by atoms with Gasteiger partial charge >= 0.3 is 12.1 Å². The summed E-state index contributed by atoms with van der Waals surface area (Å²) >= 11 is 1.41. The second-order valence-corrected chi connectivity index (χ2v) is 7.82. The molecule has 1 unspecified atom stereocenters. The van der Waals surface area contributed by atoms with Gasteiger partial charge in [0.25, 0.3) is 0 Å². The maximum Gasteiger partial charge on any atom is 0.412 e. The van der Waals surface area contributed by atoms with Crippen LogP contribution in [0, 0.1) is 11.8 Å². The fourth-order valence-electron chi connectivity index (χ4n) is 2.45. The molecule has 2 saturated carbocycles. The molecule has 1 amide bonds. The molecular weight excluding hydrogens is 316 g/mol. The van der Waals surface area contributed by atoms with E-state index in [1.54, 1.807) is 17.2 Å². The lowest BCUT2D eigenvalue weighted by Crippen LogP contribution is -2.55. The molecule has 0 aromatic carbocycles. The maximum atomic E-state index is 12.5. The SMILES string of the molecule is CCOC(=O)C1=CSC(C)(N(CC2CC2)C(=O)OCC2CC2)N1. The minimum atomic E-state index is -0.703. The van der Waals surface area contributed by atoms with Crippen LogP contribution in [-0.2, 0) is 14.3 Å². The van der Waals surface area contributed by atoms with Gasteiger partial charge in [-0.3, -0.25) is 4.90 Å². The Bertz CT molecular complexity index is 516. The van der Waals surface area contributed by atoms with E-state index in [0.29, 0.717) is 37.3 Å². The van der Waals surface area contributed by atoms with Gasteiger partial charge in [0.1, 0.15) is 5.70 Å². The second kappa shape index (κ2) is 6.63. The van der Waals surface area contributed by atoms with Crippen LogP contribution in [0.2, 0.25) is 0 Å². The van der Waals surface area contributed by atoms with Gasteiger partial charge in [-0.15, -0.1) is 0 Å². The van der Waals surface area contributed by atoms with E-state index in [1.807, 2.05) is 6.92 Å². The third-order valence-electron chi connectivity index (χ3n) is 4.28. The monoisotopic (exact) mass is 340 g/mol. The molecule has 0 aromatic rings. The summed E-state index contributed by atoms with van der Waals surface area (Å²) < 4.78 is 10.5. The van der Waals surface area contributed by atoms with Crippen LogP contribution in [0.5, 0.6) is 0 Å². The van der Waals surface area contributed by atoms with Gasteiger partial charge in [-0.25, -0.2) is 9.59 Å². The molecule has 7 heteroatoms. The molecule has 0 aromatic heterocycles. The number of esters is 1. The summed E-state index contributed by atoms with van der Waals surface area (Å²) in [6, 6.07) is 0. The van der Waals surface area contributed by atoms with Gasteiger partial charge in [0.2, 0.25) is 0 Å². The number of rotatable bonds is 7. The van der Waals surface area contributed by atoms with E-state index in [0.717, 1.165) is 25.7 Å². The lowest BCUT2D eigenvalue weighted by molar-refractivity contribution is -0.139. The van der Waals surface area contributed by atoms with Crippen molar-refractivity contribution in [3.8, 4) is 0 Å². The number of hydrogen-bond acceptors (Lipinski definition) is 6. The highest BCUT2D eigenvalue weighted by Gasteiger charge is 2.44. The van der Waals surface area contributed by atoms with Crippen LogP contribution in [0.4, 0.5) is 4.79 Å². The molecule has 0 spiro atoms. The summed E-state index contributed by atoms with van der Waals surface area (Å²) in [5.74, 6) is 0.683. The quantitative estimate of drug-likeness (QED) is 0.719. The van der Waals surface area contributed by atoms with Gasteiger partial charge in [-0.05, 0) is 51.4 Å². The van der Waals surface area contributed by atoms with Crippen LogP contribution in [-0.4, -0.2) is 41.7 Å². The van der Waals surface area contributed by atoms with Crippen LogP contribution in [0.1, 0.15) is 39.5 Å². The summed E-state index contributed by atoms with van der Waals surface area (Å²) in [6.45, 7) is 5.16. The highest BCUT2D eigenvalue weighted by Crippen LogP contribution is 2.39. The van der Waals surface area contributed by atoms with Crippen molar-refractivity contribution >= 4 is 23.8 Å². The van der Waals surface area contributed by atoms with Crippen molar-refractivity contribution in [2.45, 2.75) is 44.5 Å². The molecule has 128 valence electrons. The Morgan fingerprint density at radius 2 is 2.00 bits per heavy atom. The van der Waals surface area contributed by atoms with Crippen LogP contribution < -0.4 is 5.32 Å². The summed E-state index contributed by atoms with van der Waals surface area (Å²) in [7, 11) is 0. The average molecular weight is 340 g/mol. The Kier molecular flexibility index (Phi) is 4.75. The van der Waals surface area contributed by atoms with Crippen LogP contribution >= 0.6 is 11.8 Å². The molecule has 1 N–H and O–H groups in total. The minimum absolute atomic E-state index is 0.301. The molecule has 2 aliphatic carbocycles. The summed E-state index contributed by atoms with van der Waals surface area (Å²) in [6.07, 6.45) is 4.28. The van der Waals surface area contributed by atoms with Crippen LogP contribution in [0.25, 0.3) is 0 Å². The first-order valence-electron chi connectivity index (χ1n) is 8.29. The molecular formula is C16H24N2O4S. The number of amides is 1. The fourth-order valence-corrected chi connectivity index (χ4v) is 3.40. The zero-order valence-electron chi connectivity index (χ0n) is 13.7. The molecule has 2 fully saturated rings. The van der Waals surface area contributed by atoms with Gasteiger partial charge in [-0.1, -0.05) is 11.8 Å². The zero-order chi connectivity index (χ0) is 16.4. The first kappa shape index (κ1) is 16.5. The number of ether oxygens (including phenoxy) is 2. The van der Waals surface area contributed by atoms with E-state index in [2.05, 4.69) is 5.32 Å². The highest BCUT2D eigenvalue weighted by molar-refractivity contribution is 8.03. The van der Waals surface area contributed by atoms with E-state index in [9.17, 15) is 9.59 Å².